The maximum atomic E-state index is 11.6. The molecule has 0 unspecified atom stereocenters. The van der Waals surface area contributed by atoms with E-state index in [4.69, 9.17) is 16.0 Å². The Morgan fingerprint density at radius 2 is 2.31 bits per heavy atom. The van der Waals surface area contributed by atoms with Gasteiger partial charge in [-0.25, -0.2) is 4.98 Å². The number of aromatic nitrogens is 1. The zero-order valence-electron chi connectivity index (χ0n) is 8.53. The maximum Gasteiger partial charge on any atom is 0.293 e. The molecule has 4 nitrogen and oxygen atoms in total. The Labute approximate surface area is 97.2 Å². The van der Waals surface area contributed by atoms with Crippen molar-refractivity contribution in [2.75, 3.05) is 5.32 Å². The minimum absolute atomic E-state index is 0.164. The number of rotatable bonds is 2. The van der Waals surface area contributed by atoms with Gasteiger partial charge < -0.3 is 9.73 Å². The van der Waals surface area contributed by atoms with Gasteiger partial charge in [0.2, 0.25) is 5.76 Å². The van der Waals surface area contributed by atoms with E-state index in [1.807, 2.05) is 13.0 Å². The molecule has 5 heteroatoms. The molecule has 1 N–H and O–H groups in total. The average molecular weight is 237 g/mol. The van der Waals surface area contributed by atoms with Crippen molar-refractivity contribution in [3.8, 4) is 0 Å². The number of nitrogens with one attached hydrogen (secondary N) is 1. The zero-order valence-corrected chi connectivity index (χ0v) is 9.28. The molecule has 0 saturated heterocycles. The van der Waals surface area contributed by atoms with Crippen LogP contribution < -0.4 is 5.32 Å². The van der Waals surface area contributed by atoms with E-state index in [1.54, 1.807) is 12.1 Å². The van der Waals surface area contributed by atoms with Crippen LogP contribution >= 0.6 is 11.6 Å². The van der Waals surface area contributed by atoms with Crippen LogP contribution in [0.3, 0.4) is 0 Å². The summed E-state index contributed by atoms with van der Waals surface area (Å²) in [6, 6.07) is 5.29. The lowest BCUT2D eigenvalue weighted by molar-refractivity contribution is 0.0996. The first-order valence-electron chi connectivity index (χ1n) is 4.63. The van der Waals surface area contributed by atoms with E-state index in [-0.39, 0.29) is 11.7 Å². The lowest BCUT2D eigenvalue weighted by Crippen LogP contribution is -2.10. The number of carbonyl (C=O) groups excluding carboxylic acids is 1. The smallest absolute Gasteiger partial charge is 0.293 e. The van der Waals surface area contributed by atoms with Gasteiger partial charge in [0.05, 0.1) is 6.20 Å². The first kappa shape index (κ1) is 10.7. The van der Waals surface area contributed by atoms with Gasteiger partial charge in [-0.15, -0.1) is 0 Å². The molecule has 0 aliphatic carbocycles. The standard InChI is InChI=1S/C11H9ClN2O2/c1-7-2-3-8(4-9(7)12)14-11(15)10-5-13-6-16-10/h2-6H,1H3,(H,14,15). The summed E-state index contributed by atoms with van der Waals surface area (Å²) in [5, 5.41) is 3.26. The largest absolute Gasteiger partial charge is 0.438 e. The first-order valence-corrected chi connectivity index (χ1v) is 5.00. The molecule has 0 spiro atoms. The fourth-order valence-electron chi connectivity index (χ4n) is 1.19. The lowest BCUT2D eigenvalue weighted by Gasteiger charge is -2.04. The third-order valence-electron chi connectivity index (χ3n) is 2.09. The molecule has 0 radical (unpaired) electrons. The highest BCUT2D eigenvalue weighted by Crippen LogP contribution is 2.20. The maximum absolute atomic E-state index is 11.6. The van der Waals surface area contributed by atoms with Crippen molar-refractivity contribution in [1.29, 1.82) is 0 Å². The minimum Gasteiger partial charge on any atom is -0.438 e. The molecule has 0 fully saturated rings. The van der Waals surface area contributed by atoms with Gasteiger partial charge in [-0.05, 0) is 24.6 Å². The molecular weight excluding hydrogens is 228 g/mol. The van der Waals surface area contributed by atoms with Crippen LogP contribution in [0.4, 0.5) is 5.69 Å². The number of benzene rings is 1. The van der Waals surface area contributed by atoms with Crippen molar-refractivity contribution in [2.45, 2.75) is 6.92 Å². The van der Waals surface area contributed by atoms with E-state index in [0.29, 0.717) is 10.7 Å². The number of oxazole rings is 1. The first-order chi connectivity index (χ1) is 7.66. The SMILES string of the molecule is Cc1ccc(NC(=O)c2cnco2)cc1Cl. The van der Waals surface area contributed by atoms with Crippen LogP contribution in [-0.4, -0.2) is 10.9 Å². The van der Waals surface area contributed by atoms with Crippen molar-refractivity contribution < 1.29 is 9.21 Å². The minimum atomic E-state index is -0.350. The van der Waals surface area contributed by atoms with Crippen molar-refractivity contribution in [3.05, 3.63) is 47.1 Å². The van der Waals surface area contributed by atoms with E-state index in [9.17, 15) is 4.79 Å². The van der Waals surface area contributed by atoms with Crippen LogP contribution in [0.15, 0.2) is 35.2 Å². The average Bonchev–Trinajstić information content (AvgIpc) is 2.77. The van der Waals surface area contributed by atoms with Crippen molar-refractivity contribution in [1.82, 2.24) is 4.98 Å². The Morgan fingerprint density at radius 3 is 2.94 bits per heavy atom. The lowest BCUT2D eigenvalue weighted by atomic mass is 10.2. The van der Waals surface area contributed by atoms with Gasteiger partial charge in [0.25, 0.3) is 5.91 Å². The van der Waals surface area contributed by atoms with Crippen molar-refractivity contribution >= 4 is 23.2 Å². The Morgan fingerprint density at radius 1 is 1.50 bits per heavy atom. The van der Waals surface area contributed by atoms with E-state index in [1.165, 1.54) is 12.6 Å². The van der Waals surface area contributed by atoms with E-state index >= 15 is 0 Å². The zero-order chi connectivity index (χ0) is 11.5. The molecule has 2 rings (SSSR count). The highest BCUT2D eigenvalue weighted by molar-refractivity contribution is 6.31. The predicted molar refractivity (Wildman–Crippen MR) is 60.6 cm³/mol. The van der Waals surface area contributed by atoms with E-state index in [2.05, 4.69) is 10.3 Å². The molecule has 1 aromatic heterocycles. The van der Waals surface area contributed by atoms with Gasteiger partial charge in [0, 0.05) is 10.7 Å². The number of halogens is 1. The molecular formula is C11H9ClN2O2. The predicted octanol–water partition coefficient (Wildman–Crippen LogP) is 2.89. The second-order valence-electron chi connectivity index (χ2n) is 3.28. The summed E-state index contributed by atoms with van der Waals surface area (Å²) in [6.07, 6.45) is 2.56. The van der Waals surface area contributed by atoms with Crippen LogP contribution in [0.1, 0.15) is 16.1 Å². The van der Waals surface area contributed by atoms with E-state index < -0.39 is 0 Å². The van der Waals surface area contributed by atoms with Crippen molar-refractivity contribution in [3.63, 3.8) is 0 Å². The Balaban J connectivity index is 2.15. The summed E-state index contributed by atoms with van der Waals surface area (Å²) in [7, 11) is 0. The molecule has 2 aromatic rings. The Kier molecular flexibility index (Phi) is 2.92. The van der Waals surface area contributed by atoms with Crippen molar-refractivity contribution in [2.24, 2.45) is 0 Å². The van der Waals surface area contributed by atoms with Gasteiger partial charge in [0.1, 0.15) is 0 Å². The van der Waals surface area contributed by atoms with Gasteiger partial charge >= 0.3 is 0 Å². The molecule has 0 aliphatic heterocycles. The fourth-order valence-corrected chi connectivity index (χ4v) is 1.37. The molecule has 1 amide bonds. The number of amides is 1. The van der Waals surface area contributed by atoms with Crippen LogP contribution in [0.5, 0.6) is 0 Å². The topological polar surface area (TPSA) is 55.1 Å². The monoisotopic (exact) mass is 236 g/mol. The third-order valence-corrected chi connectivity index (χ3v) is 2.49. The summed E-state index contributed by atoms with van der Waals surface area (Å²) in [6.45, 7) is 1.89. The van der Waals surface area contributed by atoms with Crippen LogP contribution in [0.25, 0.3) is 0 Å². The normalized spacial score (nSPS) is 10.1. The third kappa shape index (κ3) is 2.23. The van der Waals surface area contributed by atoms with Gasteiger partial charge in [-0.3, -0.25) is 4.79 Å². The molecule has 0 saturated carbocycles. The summed E-state index contributed by atoms with van der Waals surface area (Å²) >= 11 is 5.94. The van der Waals surface area contributed by atoms with Crippen LogP contribution in [0.2, 0.25) is 5.02 Å². The Bertz CT molecular complexity index is 509. The quantitative estimate of drug-likeness (QED) is 0.872. The van der Waals surface area contributed by atoms with Gasteiger partial charge in [-0.1, -0.05) is 17.7 Å². The number of aryl methyl sites for hydroxylation is 1. The van der Waals surface area contributed by atoms with E-state index in [0.717, 1.165) is 5.56 Å². The highest BCUT2D eigenvalue weighted by atomic mass is 35.5. The second kappa shape index (κ2) is 4.37. The molecule has 1 aromatic carbocycles. The molecule has 1 heterocycles. The van der Waals surface area contributed by atoms with Gasteiger partial charge in [0.15, 0.2) is 6.39 Å². The molecule has 0 bridgehead atoms. The number of nitrogens with zero attached hydrogens (tertiary/aromatic N) is 1. The summed E-state index contributed by atoms with van der Waals surface area (Å²) in [4.78, 5) is 15.2. The number of carbonyl (C=O) groups is 1. The summed E-state index contributed by atoms with van der Waals surface area (Å²) in [5.41, 5.74) is 1.58. The summed E-state index contributed by atoms with van der Waals surface area (Å²) < 4.78 is 4.87. The summed E-state index contributed by atoms with van der Waals surface area (Å²) in [5.74, 6) is -0.186. The molecule has 16 heavy (non-hydrogen) atoms. The number of hydrogen-bond acceptors (Lipinski definition) is 3. The molecule has 0 atom stereocenters. The van der Waals surface area contributed by atoms with Gasteiger partial charge in [-0.2, -0.15) is 0 Å². The Hall–Kier alpha value is -1.81. The molecule has 82 valence electrons. The highest BCUT2D eigenvalue weighted by Gasteiger charge is 2.09. The number of anilines is 1. The fraction of sp³-hybridized carbons (Fsp3) is 0.0909. The van der Waals surface area contributed by atoms with Crippen LogP contribution in [-0.2, 0) is 0 Å². The molecule has 0 aliphatic rings. The number of hydrogen-bond donors (Lipinski definition) is 1. The van der Waals surface area contributed by atoms with Crippen LogP contribution in [0, 0.1) is 6.92 Å². The second-order valence-corrected chi connectivity index (χ2v) is 3.69.